The first-order valence-electron chi connectivity index (χ1n) is 9.78. The molecular weight excluding hydrogens is 348 g/mol. The zero-order chi connectivity index (χ0) is 20.9. The molecule has 4 nitrogen and oxygen atoms in total. The SMILES string of the molecule is Cc1cccc(CC(=O)N(Cc2cccc(C)c2)[C@H](C)C(=O)NC(C)(C)C)c1. The van der Waals surface area contributed by atoms with E-state index in [4.69, 9.17) is 0 Å². The zero-order valence-electron chi connectivity index (χ0n) is 17.9. The lowest BCUT2D eigenvalue weighted by Gasteiger charge is -2.31. The molecule has 2 rings (SSSR count). The molecule has 0 radical (unpaired) electrons. The molecule has 28 heavy (non-hydrogen) atoms. The Balaban J connectivity index is 2.26. The molecule has 0 spiro atoms. The minimum atomic E-state index is -0.558. The van der Waals surface area contributed by atoms with Gasteiger partial charge < -0.3 is 10.2 Å². The number of carbonyl (C=O) groups is 2. The fourth-order valence-electron chi connectivity index (χ4n) is 3.16. The lowest BCUT2D eigenvalue weighted by Crippen LogP contribution is -2.52. The summed E-state index contributed by atoms with van der Waals surface area (Å²) in [5.74, 6) is -0.193. The van der Waals surface area contributed by atoms with Crippen LogP contribution in [0.15, 0.2) is 48.5 Å². The predicted molar refractivity (Wildman–Crippen MR) is 114 cm³/mol. The van der Waals surface area contributed by atoms with Crippen LogP contribution in [-0.2, 0) is 22.6 Å². The van der Waals surface area contributed by atoms with Gasteiger partial charge in [-0.3, -0.25) is 9.59 Å². The van der Waals surface area contributed by atoms with Crippen molar-refractivity contribution in [3.05, 3.63) is 70.8 Å². The highest BCUT2D eigenvalue weighted by Crippen LogP contribution is 2.15. The van der Waals surface area contributed by atoms with Crippen LogP contribution in [0.4, 0.5) is 0 Å². The van der Waals surface area contributed by atoms with Crippen molar-refractivity contribution in [2.45, 2.75) is 66.1 Å². The normalized spacial score (nSPS) is 12.4. The predicted octanol–water partition coefficient (Wildman–Crippen LogP) is 4.18. The second kappa shape index (κ2) is 9.05. The molecule has 0 bridgehead atoms. The van der Waals surface area contributed by atoms with E-state index in [0.717, 1.165) is 22.3 Å². The Morgan fingerprint density at radius 3 is 2.04 bits per heavy atom. The van der Waals surface area contributed by atoms with Crippen LogP contribution in [0.25, 0.3) is 0 Å². The number of aryl methyl sites for hydroxylation is 2. The van der Waals surface area contributed by atoms with E-state index >= 15 is 0 Å². The van der Waals surface area contributed by atoms with Gasteiger partial charge in [-0.05, 0) is 52.7 Å². The maximum absolute atomic E-state index is 13.2. The number of hydrogen-bond acceptors (Lipinski definition) is 2. The minimum absolute atomic E-state index is 0.0522. The van der Waals surface area contributed by atoms with E-state index in [0.29, 0.717) is 6.54 Å². The maximum atomic E-state index is 13.2. The van der Waals surface area contributed by atoms with Crippen LogP contribution in [0.1, 0.15) is 49.9 Å². The summed E-state index contributed by atoms with van der Waals surface area (Å²) in [4.78, 5) is 27.6. The Bertz CT molecular complexity index is 836. The summed E-state index contributed by atoms with van der Waals surface area (Å²) in [6, 6.07) is 15.4. The largest absolute Gasteiger partial charge is 0.350 e. The third-order valence-electron chi connectivity index (χ3n) is 4.54. The van der Waals surface area contributed by atoms with Gasteiger partial charge in [-0.15, -0.1) is 0 Å². The molecule has 2 aromatic rings. The van der Waals surface area contributed by atoms with Crippen LogP contribution in [-0.4, -0.2) is 28.3 Å². The lowest BCUT2D eigenvalue weighted by atomic mass is 10.0. The smallest absolute Gasteiger partial charge is 0.242 e. The van der Waals surface area contributed by atoms with Crippen LogP contribution >= 0.6 is 0 Å². The van der Waals surface area contributed by atoms with Gasteiger partial charge in [0.05, 0.1) is 6.42 Å². The summed E-state index contributed by atoms with van der Waals surface area (Å²) in [5.41, 5.74) is 3.89. The van der Waals surface area contributed by atoms with E-state index in [2.05, 4.69) is 11.4 Å². The fourth-order valence-corrected chi connectivity index (χ4v) is 3.16. The van der Waals surface area contributed by atoms with Crippen LogP contribution in [0, 0.1) is 13.8 Å². The molecule has 2 aromatic carbocycles. The quantitative estimate of drug-likeness (QED) is 0.817. The molecule has 0 saturated heterocycles. The number of benzene rings is 2. The van der Waals surface area contributed by atoms with Crippen LogP contribution in [0.3, 0.4) is 0 Å². The van der Waals surface area contributed by atoms with Gasteiger partial charge in [0.1, 0.15) is 6.04 Å². The van der Waals surface area contributed by atoms with Gasteiger partial charge in [-0.25, -0.2) is 0 Å². The van der Waals surface area contributed by atoms with Gasteiger partial charge in [0.15, 0.2) is 0 Å². The van der Waals surface area contributed by atoms with Crippen molar-refractivity contribution in [1.29, 1.82) is 0 Å². The molecular formula is C24H32N2O2. The van der Waals surface area contributed by atoms with Crippen molar-refractivity contribution >= 4 is 11.8 Å². The molecule has 2 amide bonds. The molecule has 0 heterocycles. The Morgan fingerprint density at radius 1 is 0.964 bits per heavy atom. The van der Waals surface area contributed by atoms with Gasteiger partial charge >= 0.3 is 0 Å². The molecule has 1 atom stereocenters. The van der Waals surface area contributed by atoms with E-state index in [1.165, 1.54) is 0 Å². The average Bonchev–Trinajstić information content (AvgIpc) is 2.57. The van der Waals surface area contributed by atoms with Gasteiger partial charge in [-0.1, -0.05) is 59.7 Å². The van der Waals surface area contributed by atoms with E-state index in [-0.39, 0.29) is 23.8 Å². The molecule has 0 saturated carbocycles. The Morgan fingerprint density at radius 2 is 1.50 bits per heavy atom. The summed E-state index contributed by atoms with van der Waals surface area (Å²) in [6.07, 6.45) is 0.278. The molecule has 1 N–H and O–H groups in total. The monoisotopic (exact) mass is 380 g/mol. The number of carbonyl (C=O) groups excluding carboxylic acids is 2. The van der Waals surface area contributed by atoms with Crippen molar-refractivity contribution in [3.8, 4) is 0 Å². The molecule has 150 valence electrons. The minimum Gasteiger partial charge on any atom is -0.350 e. The van der Waals surface area contributed by atoms with E-state index in [9.17, 15) is 9.59 Å². The number of hydrogen-bond donors (Lipinski definition) is 1. The van der Waals surface area contributed by atoms with Crippen LogP contribution < -0.4 is 5.32 Å². The molecule has 4 heteroatoms. The van der Waals surface area contributed by atoms with Crippen LogP contribution in [0.5, 0.6) is 0 Å². The first kappa shape index (κ1) is 21.7. The first-order chi connectivity index (χ1) is 13.0. The van der Waals surface area contributed by atoms with Crippen LogP contribution in [0.2, 0.25) is 0 Å². The number of nitrogens with zero attached hydrogens (tertiary/aromatic N) is 1. The molecule has 0 aromatic heterocycles. The molecule has 0 fully saturated rings. The molecule has 0 aliphatic heterocycles. The standard InChI is InChI=1S/C24H32N2O2/c1-17-9-7-11-20(13-17)15-22(27)26(16-21-12-8-10-18(2)14-21)19(3)23(28)25-24(4,5)6/h7-14,19H,15-16H2,1-6H3,(H,25,28)/t19-/m1/s1. The fraction of sp³-hybridized carbons (Fsp3) is 0.417. The van der Waals surface area contributed by atoms with Crippen molar-refractivity contribution in [2.24, 2.45) is 0 Å². The number of nitrogens with one attached hydrogen (secondary N) is 1. The van der Waals surface area contributed by atoms with Crippen molar-refractivity contribution < 1.29 is 9.59 Å². The summed E-state index contributed by atoms with van der Waals surface area (Å²) in [7, 11) is 0. The topological polar surface area (TPSA) is 49.4 Å². The molecule has 0 aliphatic carbocycles. The first-order valence-corrected chi connectivity index (χ1v) is 9.78. The van der Waals surface area contributed by atoms with Crippen molar-refractivity contribution in [1.82, 2.24) is 10.2 Å². The second-order valence-electron chi connectivity index (χ2n) is 8.59. The third-order valence-corrected chi connectivity index (χ3v) is 4.54. The summed E-state index contributed by atoms with van der Waals surface area (Å²) in [6.45, 7) is 12.1. The molecule has 0 unspecified atom stereocenters. The highest BCUT2D eigenvalue weighted by Gasteiger charge is 2.28. The second-order valence-corrected chi connectivity index (χ2v) is 8.59. The van der Waals surface area contributed by atoms with E-state index < -0.39 is 6.04 Å². The Hall–Kier alpha value is -2.62. The zero-order valence-corrected chi connectivity index (χ0v) is 17.9. The summed E-state index contributed by atoms with van der Waals surface area (Å²) in [5, 5.41) is 2.99. The molecule has 0 aliphatic rings. The average molecular weight is 381 g/mol. The number of rotatable bonds is 6. The third kappa shape index (κ3) is 6.52. The Labute approximate surface area is 169 Å². The van der Waals surface area contributed by atoms with E-state index in [1.54, 1.807) is 11.8 Å². The van der Waals surface area contributed by atoms with E-state index in [1.807, 2.05) is 77.1 Å². The maximum Gasteiger partial charge on any atom is 0.242 e. The summed E-state index contributed by atoms with van der Waals surface area (Å²) < 4.78 is 0. The van der Waals surface area contributed by atoms with Crippen molar-refractivity contribution in [3.63, 3.8) is 0 Å². The Kier molecular flexibility index (Phi) is 7.00. The lowest BCUT2D eigenvalue weighted by molar-refractivity contribution is -0.140. The highest BCUT2D eigenvalue weighted by molar-refractivity contribution is 5.88. The number of amides is 2. The van der Waals surface area contributed by atoms with Gasteiger partial charge in [0.2, 0.25) is 11.8 Å². The van der Waals surface area contributed by atoms with Crippen molar-refractivity contribution in [2.75, 3.05) is 0 Å². The summed E-state index contributed by atoms with van der Waals surface area (Å²) >= 11 is 0. The van der Waals surface area contributed by atoms with Gasteiger partial charge in [0, 0.05) is 12.1 Å². The highest BCUT2D eigenvalue weighted by atomic mass is 16.2. The van der Waals surface area contributed by atoms with Gasteiger partial charge in [-0.2, -0.15) is 0 Å². The van der Waals surface area contributed by atoms with Gasteiger partial charge in [0.25, 0.3) is 0 Å².